The third-order valence-electron chi connectivity index (χ3n) is 5.33. The van der Waals surface area contributed by atoms with E-state index in [0.29, 0.717) is 16.9 Å². The van der Waals surface area contributed by atoms with Gasteiger partial charge in [0.05, 0.1) is 22.2 Å². The number of hydrogen-bond acceptors (Lipinski definition) is 5. The quantitative estimate of drug-likeness (QED) is 0.469. The maximum Gasteiger partial charge on any atom is 0.253 e. The van der Waals surface area contributed by atoms with Crippen LogP contribution in [0, 0.1) is 0 Å². The number of carbonyl (C=O) groups is 3. The van der Waals surface area contributed by atoms with E-state index in [0.717, 1.165) is 25.7 Å². The molecule has 0 aliphatic heterocycles. The molecule has 2 aromatic rings. The van der Waals surface area contributed by atoms with Crippen molar-refractivity contribution in [3.63, 3.8) is 0 Å². The third-order valence-corrected chi connectivity index (χ3v) is 6.89. The van der Waals surface area contributed by atoms with Crippen LogP contribution >= 0.6 is 0 Å². The van der Waals surface area contributed by atoms with Crippen LogP contribution in [0.1, 0.15) is 49.9 Å². The van der Waals surface area contributed by atoms with Crippen LogP contribution in [0.25, 0.3) is 0 Å². The van der Waals surface area contributed by atoms with E-state index < -0.39 is 22.0 Å². The molecule has 0 saturated heterocycles. The highest BCUT2D eigenvalue weighted by Crippen LogP contribution is 2.21. The predicted molar refractivity (Wildman–Crippen MR) is 125 cm³/mol. The van der Waals surface area contributed by atoms with Crippen LogP contribution in [0.3, 0.4) is 0 Å². The number of hydrogen-bond donors (Lipinski definition) is 4. The standard InChI is InChI=1S/C23H28N4O5S/c1-15(27-33(31,32)19-13-11-18(12-14-19)24-16(2)28)22(29)26-21-10-6-5-9-20(21)23(30)25-17-7-3-4-8-17/h5-6,9-15,17,27H,3-4,7-8H2,1-2H3,(H,24,28)(H,25,30)(H,26,29). The molecule has 9 nitrogen and oxygen atoms in total. The van der Waals surface area contributed by atoms with Crippen LogP contribution in [0.4, 0.5) is 11.4 Å². The summed E-state index contributed by atoms with van der Waals surface area (Å²) >= 11 is 0. The number of carbonyl (C=O) groups excluding carboxylic acids is 3. The van der Waals surface area contributed by atoms with E-state index in [1.807, 2.05) is 0 Å². The number of rotatable bonds is 8. The summed E-state index contributed by atoms with van der Waals surface area (Å²) in [5.74, 6) is -1.15. The summed E-state index contributed by atoms with van der Waals surface area (Å²) in [5.41, 5.74) is 1.09. The zero-order chi connectivity index (χ0) is 24.0. The van der Waals surface area contributed by atoms with Crippen LogP contribution in [0.5, 0.6) is 0 Å². The zero-order valence-electron chi connectivity index (χ0n) is 18.6. The Balaban J connectivity index is 1.65. The van der Waals surface area contributed by atoms with Crippen LogP contribution in [0.15, 0.2) is 53.4 Å². The molecule has 1 fully saturated rings. The molecule has 4 N–H and O–H groups in total. The molecule has 0 radical (unpaired) electrons. The van der Waals surface area contributed by atoms with Gasteiger partial charge in [-0.2, -0.15) is 4.72 Å². The molecule has 1 atom stereocenters. The molecular weight excluding hydrogens is 444 g/mol. The average molecular weight is 473 g/mol. The van der Waals surface area contributed by atoms with Crippen molar-refractivity contribution in [2.45, 2.75) is 56.5 Å². The summed E-state index contributed by atoms with van der Waals surface area (Å²) in [6.07, 6.45) is 4.03. The van der Waals surface area contributed by atoms with E-state index in [1.54, 1.807) is 24.3 Å². The lowest BCUT2D eigenvalue weighted by Crippen LogP contribution is -2.42. The molecule has 0 aromatic heterocycles. The molecule has 2 aromatic carbocycles. The minimum absolute atomic E-state index is 0.0485. The molecule has 33 heavy (non-hydrogen) atoms. The van der Waals surface area contributed by atoms with Crippen LogP contribution in [0.2, 0.25) is 0 Å². The maximum atomic E-state index is 12.7. The molecular formula is C23H28N4O5S. The molecule has 0 bridgehead atoms. The number of para-hydroxylation sites is 1. The smallest absolute Gasteiger partial charge is 0.253 e. The second kappa shape index (κ2) is 10.6. The van der Waals surface area contributed by atoms with Crippen LogP contribution < -0.4 is 20.7 Å². The van der Waals surface area contributed by atoms with Crippen molar-refractivity contribution in [3.8, 4) is 0 Å². The van der Waals surface area contributed by atoms with Gasteiger partial charge in [-0.15, -0.1) is 0 Å². The van der Waals surface area contributed by atoms with E-state index in [9.17, 15) is 22.8 Å². The number of amides is 3. The summed E-state index contributed by atoms with van der Waals surface area (Å²) in [6, 6.07) is 11.2. The first-order chi connectivity index (χ1) is 15.7. The number of benzene rings is 2. The Hall–Kier alpha value is -3.24. The molecule has 10 heteroatoms. The van der Waals surface area contributed by atoms with Gasteiger partial charge >= 0.3 is 0 Å². The Morgan fingerprint density at radius 2 is 1.58 bits per heavy atom. The monoisotopic (exact) mass is 472 g/mol. The Morgan fingerprint density at radius 3 is 2.21 bits per heavy atom. The first-order valence-corrected chi connectivity index (χ1v) is 12.2. The first kappa shape index (κ1) is 24.4. The van der Waals surface area contributed by atoms with Gasteiger partial charge in [-0.25, -0.2) is 8.42 Å². The topological polar surface area (TPSA) is 133 Å². The lowest BCUT2D eigenvalue weighted by Gasteiger charge is -2.17. The van der Waals surface area contributed by atoms with E-state index in [1.165, 1.54) is 38.1 Å². The summed E-state index contributed by atoms with van der Waals surface area (Å²) < 4.78 is 27.7. The highest BCUT2D eigenvalue weighted by molar-refractivity contribution is 7.89. The lowest BCUT2D eigenvalue weighted by atomic mass is 10.1. The van der Waals surface area contributed by atoms with E-state index in [4.69, 9.17) is 0 Å². The zero-order valence-corrected chi connectivity index (χ0v) is 19.4. The maximum absolute atomic E-state index is 12.7. The van der Waals surface area contributed by atoms with Gasteiger partial charge in [-0.1, -0.05) is 25.0 Å². The number of anilines is 2. The summed E-state index contributed by atoms with van der Waals surface area (Å²) in [4.78, 5) is 36.4. The molecule has 1 unspecified atom stereocenters. The minimum atomic E-state index is -3.99. The van der Waals surface area contributed by atoms with Gasteiger partial charge in [0.15, 0.2) is 0 Å². The van der Waals surface area contributed by atoms with Crippen molar-refractivity contribution in [2.24, 2.45) is 0 Å². The van der Waals surface area contributed by atoms with E-state index >= 15 is 0 Å². The van der Waals surface area contributed by atoms with Crippen molar-refractivity contribution in [3.05, 3.63) is 54.1 Å². The fourth-order valence-electron chi connectivity index (χ4n) is 3.64. The molecule has 0 heterocycles. The molecule has 1 saturated carbocycles. The fourth-order valence-corrected chi connectivity index (χ4v) is 4.84. The van der Waals surface area contributed by atoms with Gasteiger partial charge in [0.25, 0.3) is 5.91 Å². The Bertz CT molecular complexity index is 1130. The van der Waals surface area contributed by atoms with E-state index in [-0.39, 0.29) is 22.8 Å². The van der Waals surface area contributed by atoms with Crippen molar-refractivity contribution in [1.29, 1.82) is 0 Å². The molecule has 1 aliphatic carbocycles. The van der Waals surface area contributed by atoms with E-state index in [2.05, 4.69) is 20.7 Å². The highest BCUT2D eigenvalue weighted by atomic mass is 32.2. The second-order valence-electron chi connectivity index (χ2n) is 8.04. The number of nitrogens with one attached hydrogen (secondary N) is 4. The average Bonchev–Trinajstić information content (AvgIpc) is 3.26. The molecule has 0 spiro atoms. The van der Waals surface area contributed by atoms with Crippen molar-refractivity contribution in [2.75, 3.05) is 10.6 Å². The SMILES string of the molecule is CC(=O)Nc1ccc(S(=O)(=O)NC(C)C(=O)Nc2ccccc2C(=O)NC2CCCC2)cc1. The predicted octanol–water partition coefficient (Wildman–Crippen LogP) is 2.62. The Labute approximate surface area is 193 Å². The molecule has 3 amide bonds. The number of sulfonamides is 1. The Kier molecular flexibility index (Phi) is 7.83. The summed E-state index contributed by atoms with van der Waals surface area (Å²) in [5, 5.41) is 8.19. The van der Waals surface area contributed by atoms with Gasteiger partial charge in [-0.3, -0.25) is 14.4 Å². The van der Waals surface area contributed by atoms with Gasteiger partial charge < -0.3 is 16.0 Å². The normalized spacial score (nSPS) is 15.0. The summed E-state index contributed by atoms with van der Waals surface area (Å²) in [6.45, 7) is 2.77. The lowest BCUT2D eigenvalue weighted by molar-refractivity contribution is -0.117. The third kappa shape index (κ3) is 6.62. The first-order valence-electron chi connectivity index (χ1n) is 10.8. The van der Waals surface area contributed by atoms with Crippen LogP contribution in [-0.2, 0) is 19.6 Å². The molecule has 1 aliphatic rings. The molecule has 176 valence electrons. The second-order valence-corrected chi connectivity index (χ2v) is 9.75. The summed E-state index contributed by atoms with van der Waals surface area (Å²) in [7, 11) is -3.99. The minimum Gasteiger partial charge on any atom is -0.349 e. The molecule has 3 rings (SSSR count). The highest BCUT2D eigenvalue weighted by Gasteiger charge is 2.24. The van der Waals surface area contributed by atoms with Gasteiger partial charge in [0.1, 0.15) is 0 Å². The van der Waals surface area contributed by atoms with Gasteiger partial charge in [0.2, 0.25) is 21.8 Å². The van der Waals surface area contributed by atoms with Crippen molar-refractivity contribution in [1.82, 2.24) is 10.0 Å². The largest absolute Gasteiger partial charge is 0.349 e. The Morgan fingerprint density at radius 1 is 0.939 bits per heavy atom. The van der Waals surface area contributed by atoms with Gasteiger partial charge in [0, 0.05) is 18.7 Å². The fraction of sp³-hybridized carbons (Fsp3) is 0.348. The van der Waals surface area contributed by atoms with Crippen molar-refractivity contribution >= 4 is 39.1 Å². The van der Waals surface area contributed by atoms with Crippen molar-refractivity contribution < 1.29 is 22.8 Å². The van der Waals surface area contributed by atoms with Gasteiger partial charge in [-0.05, 0) is 56.2 Å². The van der Waals surface area contributed by atoms with Crippen LogP contribution in [-0.4, -0.2) is 38.2 Å².